The highest BCUT2D eigenvalue weighted by Gasteiger charge is 2.26. The van der Waals surface area contributed by atoms with E-state index in [9.17, 15) is 9.59 Å². The zero-order chi connectivity index (χ0) is 19.1. The van der Waals surface area contributed by atoms with E-state index in [4.69, 9.17) is 0 Å². The molecule has 2 saturated heterocycles. The Kier molecular flexibility index (Phi) is 7.59. The number of benzene rings is 1. The van der Waals surface area contributed by atoms with E-state index in [1.807, 2.05) is 4.90 Å². The molecule has 2 atom stereocenters. The predicted molar refractivity (Wildman–Crippen MR) is 110 cm³/mol. The van der Waals surface area contributed by atoms with E-state index in [1.54, 1.807) is 11.8 Å². The van der Waals surface area contributed by atoms with E-state index in [-0.39, 0.29) is 17.9 Å². The van der Waals surface area contributed by atoms with Gasteiger partial charge in [-0.15, -0.1) is 11.8 Å². The van der Waals surface area contributed by atoms with Gasteiger partial charge in [0.1, 0.15) is 0 Å². The van der Waals surface area contributed by atoms with E-state index in [2.05, 4.69) is 41.8 Å². The number of piperidine rings is 1. The molecule has 0 bridgehead atoms. The highest BCUT2D eigenvalue weighted by atomic mass is 32.2. The summed E-state index contributed by atoms with van der Waals surface area (Å²) in [6.45, 7) is 5.32. The summed E-state index contributed by atoms with van der Waals surface area (Å²) in [7, 11) is 0. The first-order valence-corrected chi connectivity index (χ1v) is 11.1. The molecule has 27 heavy (non-hydrogen) atoms. The van der Waals surface area contributed by atoms with Gasteiger partial charge in [0.15, 0.2) is 0 Å². The van der Waals surface area contributed by atoms with Crippen molar-refractivity contribution in [2.24, 2.45) is 5.92 Å². The molecule has 2 aliphatic heterocycles. The van der Waals surface area contributed by atoms with Crippen LogP contribution in [0, 0.1) is 12.8 Å². The molecule has 2 unspecified atom stereocenters. The van der Waals surface area contributed by atoms with Gasteiger partial charge in [0, 0.05) is 36.7 Å². The van der Waals surface area contributed by atoms with Crippen LogP contribution in [0.4, 0.5) is 0 Å². The first kappa shape index (κ1) is 20.2. The van der Waals surface area contributed by atoms with E-state index < -0.39 is 0 Å². The fraction of sp³-hybridized carbons (Fsp3) is 0.619. The van der Waals surface area contributed by atoms with Crippen LogP contribution in [0.25, 0.3) is 0 Å². The van der Waals surface area contributed by atoms with Crippen LogP contribution >= 0.6 is 11.8 Å². The van der Waals surface area contributed by atoms with Crippen LogP contribution in [0.15, 0.2) is 29.2 Å². The van der Waals surface area contributed by atoms with Crippen LogP contribution in [-0.4, -0.2) is 54.7 Å². The largest absolute Gasteiger partial charge is 0.354 e. The molecule has 0 aliphatic carbocycles. The number of carbonyl (C=O) groups excluding carboxylic acids is 2. The second kappa shape index (κ2) is 10.1. The lowest BCUT2D eigenvalue weighted by atomic mass is 9.97. The zero-order valence-corrected chi connectivity index (χ0v) is 17.0. The maximum Gasteiger partial charge on any atom is 0.237 e. The summed E-state index contributed by atoms with van der Waals surface area (Å²) in [5.41, 5.74) is 1.26. The van der Waals surface area contributed by atoms with Gasteiger partial charge in [-0.2, -0.15) is 0 Å². The lowest BCUT2D eigenvalue weighted by Gasteiger charge is -2.33. The average molecular weight is 390 g/mol. The molecule has 148 valence electrons. The Labute approximate surface area is 166 Å². The number of amides is 2. The molecule has 6 heteroatoms. The lowest BCUT2D eigenvalue weighted by molar-refractivity contribution is -0.132. The third-order valence-electron chi connectivity index (χ3n) is 5.42. The molecule has 5 nitrogen and oxygen atoms in total. The van der Waals surface area contributed by atoms with Crippen molar-refractivity contribution in [3.63, 3.8) is 0 Å². The Morgan fingerprint density at radius 3 is 2.78 bits per heavy atom. The minimum absolute atomic E-state index is 0.0230. The fourth-order valence-electron chi connectivity index (χ4n) is 3.78. The monoisotopic (exact) mass is 389 g/mol. The highest BCUT2D eigenvalue weighted by molar-refractivity contribution is 7.99. The molecular formula is C21H31N3O2S. The summed E-state index contributed by atoms with van der Waals surface area (Å²) in [6.07, 6.45) is 4.69. The molecule has 2 aliphatic rings. The van der Waals surface area contributed by atoms with Crippen LogP contribution in [-0.2, 0) is 9.59 Å². The Hall–Kier alpha value is -1.53. The second-order valence-electron chi connectivity index (χ2n) is 7.65. The summed E-state index contributed by atoms with van der Waals surface area (Å²) >= 11 is 1.74. The molecule has 1 aromatic rings. The van der Waals surface area contributed by atoms with Crippen LogP contribution in [0.3, 0.4) is 0 Å². The maximum atomic E-state index is 12.6. The van der Waals surface area contributed by atoms with Crippen LogP contribution in [0.1, 0.15) is 37.7 Å². The van der Waals surface area contributed by atoms with Crippen LogP contribution < -0.4 is 10.6 Å². The number of thioether (sulfide) groups is 1. The van der Waals surface area contributed by atoms with Gasteiger partial charge >= 0.3 is 0 Å². The quantitative estimate of drug-likeness (QED) is 0.704. The molecule has 0 saturated carbocycles. The van der Waals surface area contributed by atoms with Crippen LogP contribution in [0.5, 0.6) is 0 Å². The van der Waals surface area contributed by atoms with Gasteiger partial charge in [-0.25, -0.2) is 0 Å². The van der Waals surface area contributed by atoms with Crippen molar-refractivity contribution < 1.29 is 9.59 Å². The summed E-state index contributed by atoms with van der Waals surface area (Å²) in [4.78, 5) is 27.9. The van der Waals surface area contributed by atoms with Gasteiger partial charge in [-0.1, -0.05) is 17.7 Å². The molecule has 1 aromatic carbocycles. The standard InChI is InChI=1S/C21H31N3O2S/c1-16-6-8-18(9-7-16)27-13-10-20(25)24-12-3-4-17(15-24)14-23-21(26)19-5-2-11-22-19/h6-9,17,19,22H,2-5,10-15H2,1H3,(H,23,26). The van der Waals surface area contributed by atoms with Crippen molar-refractivity contribution in [1.82, 2.24) is 15.5 Å². The minimum atomic E-state index is -0.0230. The number of nitrogens with one attached hydrogen (secondary N) is 2. The zero-order valence-electron chi connectivity index (χ0n) is 16.2. The Balaban J connectivity index is 1.37. The summed E-state index contributed by atoms with van der Waals surface area (Å²) in [5, 5.41) is 6.31. The smallest absolute Gasteiger partial charge is 0.237 e. The molecule has 2 N–H and O–H groups in total. The Morgan fingerprint density at radius 2 is 2.04 bits per heavy atom. The van der Waals surface area contributed by atoms with Crippen molar-refractivity contribution in [3.8, 4) is 0 Å². The average Bonchev–Trinajstić information content (AvgIpc) is 3.23. The van der Waals surface area contributed by atoms with Gasteiger partial charge in [0.2, 0.25) is 11.8 Å². The highest BCUT2D eigenvalue weighted by Crippen LogP contribution is 2.21. The number of hydrogen-bond acceptors (Lipinski definition) is 4. The molecule has 3 rings (SSSR count). The third kappa shape index (κ3) is 6.25. The molecule has 0 radical (unpaired) electrons. The van der Waals surface area contributed by atoms with Crippen molar-refractivity contribution in [3.05, 3.63) is 29.8 Å². The van der Waals surface area contributed by atoms with Gasteiger partial charge in [0.05, 0.1) is 6.04 Å². The number of carbonyl (C=O) groups is 2. The summed E-state index contributed by atoms with van der Waals surface area (Å²) < 4.78 is 0. The van der Waals surface area contributed by atoms with Gasteiger partial charge < -0.3 is 15.5 Å². The van der Waals surface area contributed by atoms with E-state index in [0.717, 1.165) is 51.1 Å². The first-order chi connectivity index (χ1) is 13.1. The lowest BCUT2D eigenvalue weighted by Crippen LogP contribution is -2.46. The molecule has 2 fully saturated rings. The predicted octanol–water partition coefficient (Wildman–Crippen LogP) is 2.58. The van der Waals surface area contributed by atoms with Gasteiger partial charge in [-0.3, -0.25) is 9.59 Å². The van der Waals surface area contributed by atoms with Crippen molar-refractivity contribution >= 4 is 23.6 Å². The molecule has 2 amide bonds. The fourth-order valence-corrected chi connectivity index (χ4v) is 4.62. The van der Waals surface area contributed by atoms with E-state index in [1.165, 1.54) is 10.5 Å². The Bertz CT molecular complexity index is 629. The minimum Gasteiger partial charge on any atom is -0.354 e. The molecule has 0 aromatic heterocycles. The first-order valence-electron chi connectivity index (χ1n) is 10.1. The maximum absolute atomic E-state index is 12.6. The van der Waals surface area contributed by atoms with Crippen molar-refractivity contribution in [2.45, 2.75) is 50.0 Å². The van der Waals surface area contributed by atoms with Gasteiger partial charge in [0.25, 0.3) is 0 Å². The normalized spacial score (nSPS) is 22.6. The second-order valence-corrected chi connectivity index (χ2v) is 8.82. The SMILES string of the molecule is Cc1ccc(SCCC(=O)N2CCCC(CNC(=O)C3CCCN3)C2)cc1. The number of aryl methyl sites for hydroxylation is 1. The number of likely N-dealkylation sites (tertiary alicyclic amines) is 1. The van der Waals surface area contributed by atoms with Crippen LogP contribution in [0.2, 0.25) is 0 Å². The summed E-state index contributed by atoms with van der Waals surface area (Å²) in [5.74, 6) is 1.54. The Morgan fingerprint density at radius 1 is 1.22 bits per heavy atom. The third-order valence-corrected chi connectivity index (χ3v) is 6.43. The number of nitrogens with zero attached hydrogens (tertiary/aromatic N) is 1. The van der Waals surface area contributed by atoms with Gasteiger partial charge in [-0.05, 0) is 57.2 Å². The summed E-state index contributed by atoms with van der Waals surface area (Å²) in [6, 6.07) is 8.42. The molecular weight excluding hydrogens is 358 g/mol. The molecule has 2 heterocycles. The van der Waals surface area contributed by atoms with Crippen molar-refractivity contribution in [2.75, 3.05) is 31.9 Å². The topological polar surface area (TPSA) is 61.4 Å². The van der Waals surface area contributed by atoms with E-state index >= 15 is 0 Å². The van der Waals surface area contributed by atoms with Crippen molar-refractivity contribution in [1.29, 1.82) is 0 Å². The van der Waals surface area contributed by atoms with E-state index in [0.29, 0.717) is 18.9 Å². The number of hydrogen-bond donors (Lipinski definition) is 2. The number of rotatable bonds is 7. The molecule has 0 spiro atoms.